The molecule has 0 amide bonds. The van der Waals surface area contributed by atoms with Gasteiger partial charge in [0.15, 0.2) is 9.84 Å². The van der Waals surface area contributed by atoms with Crippen LogP contribution in [0.15, 0.2) is 0 Å². The molecule has 0 aromatic carbocycles. The van der Waals surface area contributed by atoms with E-state index in [2.05, 4.69) is 5.10 Å². The molecule has 1 aliphatic heterocycles. The quantitative estimate of drug-likeness (QED) is 0.922. The highest BCUT2D eigenvalue weighted by Crippen LogP contribution is 2.36. The van der Waals surface area contributed by atoms with Crippen LogP contribution >= 0.6 is 11.6 Å². The fourth-order valence-corrected chi connectivity index (χ4v) is 5.08. The van der Waals surface area contributed by atoms with E-state index in [0.717, 1.165) is 5.69 Å². The maximum atomic E-state index is 11.7. The van der Waals surface area contributed by atoms with E-state index in [-0.39, 0.29) is 24.0 Å². The summed E-state index contributed by atoms with van der Waals surface area (Å²) in [7, 11) is -3.03. The molecule has 1 atom stereocenters. The van der Waals surface area contributed by atoms with E-state index >= 15 is 0 Å². The van der Waals surface area contributed by atoms with Gasteiger partial charge in [0.25, 0.3) is 0 Å². The van der Waals surface area contributed by atoms with Gasteiger partial charge in [0.2, 0.25) is 0 Å². The molecule has 5 nitrogen and oxygen atoms in total. The van der Waals surface area contributed by atoms with Crippen LogP contribution in [0.25, 0.3) is 0 Å². The number of rotatable bonds is 3. The molecule has 1 aromatic heterocycles. The SMILES string of the molecule is CC(C)c1nn(C2(C)CCS(=O)(=O)C2)c(Cl)c1CO. The topological polar surface area (TPSA) is 72.2 Å². The number of nitrogens with zero attached hydrogens (tertiary/aromatic N) is 2. The predicted molar refractivity (Wildman–Crippen MR) is 74.2 cm³/mol. The highest BCUT2D eigenvalue weighted by molar-refractivity contribution is 7.91. The minimum absolute atomic E-state index is 0.0454. The molecule has 1 unspecified atom stereocenters. The summed E-state index contributed by atoms with van der Waals surface area (Å²) in [4.78, 5) is 0. The molecule has 0 radical (unpaired) electrons. The molecule has 0 aliphatic carbocycles. The highest BCUT2D eigenvalue weighted by Gasteiger charge is 2.42. The van der Waals surface area contributed by atoms with E-state index in [1.54, 1.807) is 4.68 Å². The summed E-state index contributed by atoms with van der Waals surface area (Å²) in [5, 5.41) is 14.2. The van der Waals surface area contributed by atoms with Gasteiger partial charge in [-0.1, -0.05) is 25.4 Å². The summed E-state index contributed by atoms with van der Waals surface area (Å²) in [6.45, 7) is 5.60. The Balaban J connectivity index is 2.52. The first-order chi connectivity index (χ1) is 8.70. The average Bonchev–Trinajstić information content (AvgIpc) is 2.77. The van der Waals surface area contributed by atoms with Crippen molar-refractivity contribution in [3.05, 3.63) is 16.4 Å². The maximum Gasteiger partial charge on any atom is 0.152 e. The molecule has 2 heterocycles. The Bertz CT molecular complexity index is 594. The van der Waals surface area contributed by atoms with Crippen LogP contribution in [0, 0.1) is 0 Å². The van der Waals surface area contributed by atoms with E-state index in [0.29, 0.717) is 17.1 Å². The first kappa shape index (κ1) is 14.8. The van der Waals surface area contributed by atoms with Crippen LogP contribution in [0.5, 0.6) is 0 Å². The van der Waals surface area contributed by atoms with Crippen molar-refractivity contribution >= 4 is 21.4 Å². The van der Waals surface area contributed by atoms with Gasteiger partial charge in [-0.2, -0.15) is 5.10 Å². The van der Waals surface area contributed by atoms with Crippen molar-refractivity contribution in [2.75, 3.05) is 11.5 Å². The van der Waals surface area contributed by atoms with Crippen LogP contribution in [0.2, 0.25) is 5.15 Å². The van der Waals surface area contributed by atoms with Crippen LogP contribution < -0.4 is 0 Å². The zero-order chi connectivity index (χ0) is 14.4. The summed E-state index contributed by atoms with van der Waals surface area (Å²) in [6.07, 6.45) is 0.499. The number of hydrogen-bond acceptors (Lipinski definition) is 4. The Morgan fingerprint density at radius 2 is 2.16 bits per heavy atom. The minimum atomic E-state index is -3.03. The molecule has 1 saturated heterocycles. The van der Waals surface area contributed by atoms with E-state index in [1.807, 2.05) is 20.8 Å². The number of aromatic nitrogens is 2. The Morgan fingerprint density at radius 3 is 2.53 bits per heavy atom. The lowest BCUT2D eigenvalue weighted by molar-refractivity contribution is 0.279. The monoisotopic (exact) mass is 306 g/mol. The Morgan fingerprint density at radius 1 is 1.53 bits per heavy atom. The third-order valence-electron chi connectivity index (χ3n) is 3.65. The van der Waals surface area contributed by atoms with Gasteiger partial charge in [0, 0.05) is 5.56 Å². The van der Waals surface area contributed by atoms with Gasteiger partial charge in [0.1, 0.15) is 5.15 Å². The van der Waals surface area contributed by atoms with Gasteiger partial charge < -0.3 is 5.11 Å². The normalized spacial score (nSPS) is 26.2. The third kappa shape index (κ3) is 2.53. The fourth-order valence-electron chi connectivity index (χ4n) is 2.57. The molecular weight excluding hydrogens is 288 g/mol. The van der Waals surface area contributed by atoms with E-state index in [1.165, 1.54) is 0 Å². The molecule has 108 valence electrons. The highest BCUT2D eigenvalue weighted by atomic mass is 35.5. The zero-order valence-corrected chi connectivity index (χ0v) is 12.9. The molecule has 1 aromatic rings. The van der Waals surface area contributed by atoms with Crippen molar-refractivity contribution in [2.24, 2.45) is 0 Å². The summed E-state index contributed by atoms with van der Waals surface area (Å²) < 4.78 is 25.0. The second kappa shape index (κ2) is 4.75. The molecule has 19 heavy (non-hydrogen) atoms. The van der Waals surface area contributed by atoms with Crippen LogP contribution in [0.4, 0.5) is 0 Å². The molecule has 1 fully saturated rings. The Kier molecular flexibility index (Phi) is 3.70. The maximum absolute atomic E-state index is 11.7. The molecule has 0 saturated carbocycles. The molecule has 0 spiro atoms. The average molecular weight is 307 g/mol. The third-order valence-corrected chi connectivity index (χ3v) is 5.93. The number of sulfone groups is 1. The van der Waals surface area contributed by atoms with Crippen molar-refractivity contribution in [1.82, 2.24) is 9.78 Å². The Labute approximate surface area is 118 Å². The van der Waals surface area contributed by atoms with Crippen LogP contribution in [-0.2, 0) is 22.0 Å². The van der Waals surface area contributed by atoms with E-state index in [9.17, 15) is 13.5 Å². The van der Waals surface area contributed by atoms with Crippen molar-refractivity contribution in [3.8, 4) is 0 Å². The van der Waals surface area contributed by atoms with Gasteiger partial charge >= 0.3 is 0 Å². The Hall–Kier alpha value is -0.590. The molecular formula is C12H19ClN2O3S. The number of aliphatic hydroxyl groups is 1. The standard InChI is InChI=1S/C12H19ClN2O3S/c1-8(2)10-9(6-16)11(13)15(14-10)12(3)4-5-19(17,18)7-12/h8,16H,4-7H2,1-3H3. The second-order valence-electron chi connectivity index (χ2n) is 5.72. The lowest BCUT2D eigenvalue weighted by atomic mass is 10.0. The van der Waals surface area contributed by atoms with Gasteiger partial charge in [-0.15, -0.1) is 0 Å². The molecule has 1 N–H and O–H groups in total. The van der Waals surface area contributed by atoms with Gasteiger partial charge in [0.05, 0.1) is 29.3 Å². The van der Waals surface area contributed by atoms with E-state index in [4.69, 9.17) is 11.6 Å². The minimum Gasteiger partial charge on any atom is -0.391 e. The smallest absolute Gasteiger partial charge is 0.152 e. The van der Waals surface area contributed by atoms with Crippen LogP contribution in [0.3, 0.4) is 0 Å². The summed E-state index contributed by atoms with van der Waals surface area (Å²) in [5.74, 6) is 0.331. The number of hydrogen-bond donors (Lipinski definition) is 1. The zero-order valence-electron chi connectivity index (χ0n) is 11.4. The fraction of sp³-hybridized carbons (Fsp3) is 0.750. The summed E-state index contributed by atoms with van der Waals surface area (Å²) in [5.41, 5.74) is 0.715. The number of aliphatic hydroxyl groups excluding tert-OH is 1. The lowest BCUT2D eigenvalue weighted by Crippen LogP contribution is -2.32. The van der Waals surface area contributed by atoms with Gasteiger partial charge in [-0.25, -0.2) is 13.1 Å². The number of halogens is 1. The first-order valence-electron chi connectivity index (χ1n) is 6.29. The molecule has 7 heteroatoms. The first-order valence-corrected chi connectivity index (χ1v) is 8.49. The molecule has 1 aliphatic rings. The lowest BCUT2D eigenvalue weighted by Gasteiger charge is -2.23. The molecule has 2 rings (SSSR count). The predicted octanol–water partition coefficient (Wildman–Crippen LogP) is 1.69. The van der Waals surface area contributed by atoms with Crippen molar-refractivity contribution in [2.45, 2.75) is 45.3 Å². The van der Waals surface area contributed by atoms with Gasteiger partial charge in [-0.05, 0) is 19.3 Å². The van der Waals surface area contributed by atoms with Gasteiger partial charge in [-0.3, -0.25) is 0 Å². The summed E-state index contributed by atoms with van der Waals surface area (Å²) in [6, 6.07) is 0. The van der Waals surface area contributed by atoms with Crippen LogP contribution in [0.1, 0.15) is 44.4 Å². The van der Waals surface area contributed by atoms with Crippen molar-refractivity contribution in [3.63, 3.8) is 0 Å². The van der Waals surface area contributed by atoms with E-state index < -0.39 is 15.4 Å². The van der Waals surface area contributed by atoms with Crippen LogP contribution in [-0.4, -0.2) is 34.8 Å². The second-order valence-corrected chi connectivity index (χ2v) is 8.26. The van der Waals surface area contributed by atoms with Crippen molar-refractivity contribution < 1.29 is 13.5 Å². The summed E-state index contributed by atoms with van der Waals surface area (Å²) >= 11 is 6.28. The largest absolute Gasteiger partial charge is 0.391 e. The van der Waals surface area contributed by atoms with Crippen molar-refractivity contribution in [1.29, 1.82) is 0 Å². The molecule has 0 bridgehead atoms.